The van der Waals surface area contributed by atoms with Crippen molar-refractivity contribution >= 4 is 27.6 Å². The van der Waals surface area contributed by atoms with Gasteiger partial charge < -0.3 is 10.4 Å². The number of carboxylic acid groups (broad SMARTS) is 1. The number of carbonyl (C=O) groups excluding carboxylic acids is 1. The van der Waals surface area contributed by atoms with Crippen LogP contribution >= 0.6 is 0 Å². The lowest BCUT2D eigenvalue weighted by atomic mass is 10.1. The molecule has 0 heterocycles. The van der Waals surface area contributed by atoms with E-state index in [0.717, 1.165) is 23.1 Å². The molecule has 3 aromatic rings. The van der Waals surface area contributed by atoms with Crippen LogP contribution in [0.1, 0.15) is 36.7 Å². The first-order valence-electron chi connectivity index (χ1n) is 11.0. The first kappa shape index (κ1) is 25.1. The Morgan fingerprint density at radius 2 is 1.38 bits per heavy atom. The van der Waals surface area contributed by atoms with Gasteiger partial charge in [0, 0.05) is 11.3 Å². The molecule has 3 N–H and O–H groups in total. The first-order valence-corrected chi connectivity index (χ1v) is 12.4. The Hall–Kier alpha value is -3.49. The van der Waals surface area contributed by atoms with Crippen LogP contribution in [0.5, 0.6) is 0 Å². The van der Waals surface area contributed by atoms with E-state index in [0.29, 0.717) is 11.3 Å². The van der Waals surface area contributed by atoms with Crippen LogP contribution in [0.3, 0.4) is 0 Å². The summed E-state index contributed by atoms with van der Waals surface area (Å²) in [6.07, 6.45) is 0.910. The number of amides is 1. The van der Waals surface area contributed by atoms with Crippen molar-refractivity contribution in [3.05, 3.63) is 83.9 Å². The monoisotopic (exact) mass is 480 g/mol. The van der Waals surface area contributed by atoms with Gasteiger partial charge in [-0.05, 0) is 65.4 Å². The molecule has 0 aliphatic carbocycles. The van der Waals surface area contributed by atoms with E-state index in [2.05, 4.69) is 17.0 Å². The maximum atomic E-state index is 12.6. The van der Waals surface area contributed by atoms with E-state index in [1.807, 2.05) is 24.3 Å². The van der Waals surface area contributed by atoms with Gasteiger partial charge in [-0.3, -0.25) is 9.59 Å². The largest absolute Gasteiger partial charge is 0.480 e. The second-order valence-corrected chi connectivity index (χ2v) is 10.0. The molecule has 0 spiro atoms. The number of nitrogens with one attached hydrogen (secondary N) is 2. The molecule has 0 fully saturated rings. The third-order valence-corrected chi connectivity index (χ3v) is 6.94. The van der Waals surface area contributed by atoms with Crippen LogP contribution in [0.4, 0.5) is 5.69 Å². The summed E-state index contributed by atoms with van der Waals surface area (Å²) in [5.74, 6) is -1.82. The van der Waals surface area contributed by atoms with Crippen molar-refractivity contribution in [2.24, 2.45) is 5.92 Å². The molecule has 7 nitrogen and oxygen atoms in total. The summed E-state index contributed by atoms with van der Waals surface area (Å²) in [4.78, 5) is 23.8. The molecular formula is C26H28N2O5S. The summed E-state index contributed by atoms with van der Waals surface area (Å²) in [6, 6.07) is 19.7. The minimum atomic E-state index is -3.98. The van der Waals surface area contributed by atoms with Crippen molar-refractivity contribution in [3.63, 3.8) is 0 Å². The molecule has 3 rings (SSSR count). The highest BCUT2D eigenvalue weighted by Gasteiger charge is 2.27. The summed E-state index contributed by atoms with van der Waals surface area (Å²) in [5, 5.41) is 12.1. The number of benzene rings is 3. The highest BCUT2D eigenvalue weighted by Crippen LogP contribution is 2.24. The Morgan fingerprint density at radius 3 is 1.85 bits per heavy atom. The lowest BCUT2D eigenvalue weighted by molar-refractivity contribution is -0.140. The van der Waals surface area contributed by atoms with Gasteiger partial charge in [0.1, 0.15) is 6.04 Å². The summed E-state index contributed by atoms with van der Waals surface area (Å²) < 4.78 is 27.4. The van der Waals surface area contributed by atoms with Crippen molar-refractivity contribution in [1.29, 1.82) is 0 Å². The maximum Gasteiger partial charge on any atom is 0.322 e. The van der Waals surface area contributed by atoms with E-state index in [1.165, 1.54) is 12.1 Å². The normalized spacial score (nSPS) is 12.4. The standard InChI is InChI=1S/C26H28N2O5S/c1-4-18-5-7-21(8-6-18)25(29)27-22-13-9-19(10-14-22)20-11-15-23(16-12-20)34(32,33)28-24(17(2)3)26(30)31/h5-17,24,28H,4H2,1-3H3,(H,27,29)(H,30,31)/t24-/m0/s1. The van der Waals surface area contributed by atoms with E-state index < -0.39 is 28.0 Å². The number of carbonyl (C=O) groups is 2. The molecular weight excluding hydrogens is 452 g/mol. The molecule has 0 radical (unpaired) electrons. The third-order valence-electron chi connectivity index (χ3n) is 5.48. The molecule has 0 aliphatic rings. The van der Waals surface area contributed by atoms with Gasteiger partial charge in [-0.15, -0.1) is 0 Å². The number of hydrogen-bond acceptors (Lipinski definition) is 4. The molecule has 0 aromatic heterocycles. The highest BCUT2D eigenvalue weighted by atomic mass is 32.2. The Morgan fingerprint density at radius 1 is 0.853 bits per heavy atom. The molecule has 0 saturated heterocycles. The van der Waals surface area contributed by atoms with E-state index in [9.17, 15) is 23.1 Å². The Labute approximate surface area is 199 Å². The first-order chi connectivity index (χ1) is 16.1. The van der Waals surface area contributed by atoms with Crippen molar-refractivity contribution in [2.75, 3.05) is 5.32 Å². The summed E-state index contributed by atoms with van der Waals surface area (Å²) in [5.41, 5.74) is 4.01. The number of rotatable bonds is 9. The van der Waals surface area contributed by atoms with Gasteiger partial charge in [0.2, 0.25) is 10.0 Å². The van der Waals surface area contributed by atoms with Gasteiger partial charge >= 0.3 is 5.97 Å². The van der Waals surface area contributed by atoms with Crippen LogP contribution in [-0.4, -0.2) is 31.4 Å². The predicted octanol–water partition coefficient (Wildman–Crippen LogP) is 4.56. The number of hydrogen-bond donors (Lipinski definition) is 3. The van der Waals surface area contributed by atoms with E-state index in [4.69, 9.17) is 0 Å². The van der Waals surface area contributed by atoms with Gasteiger partial charge in [-0.2, -0.15) is 4.72 Å². The van der Waals surface area contributed by atoms with Crippen LogP contribution in [0.15, 0.2) is 77.7 Å². The molecule has 1 amide bonds. The van der Waals surface area contributed by atoms with Crippen LogP contribution in [0, 0.1) is 5.92 Å². The lowest BCUT2D eigenvalue weighted by Crippen LogP contribution is -2.44. The van der Waals surface area contributed by atoms with Crippen molar-refractivity contribution < 1.29 is 23.1 Å². The second-order valence-electron chi connectivity index (χ2n) is 8.29. The van der Waals surface area contributed by atoms with Crippen LogP contribution in [0.25, 0.3) is 11.1 Å². The zero-order valence-electron chi connectivity index (χ0n) is 19.3. The Bertz CT molecular complexity index is 1250. The van der Waals surface area contributed by atoms with Crippen molar-refractivity contribution in [2.45, 2.75) is 38.1 Å². The van der Waals surface area contributed by atoms with E-state index in [1.54, 1.807) is 50.2 Å². The molecule has 178 valence electrons. The minimum absolute atomic E-state index is 0.0128. The molecule has 0 bridgehead atoms. The Balaban J connectivity index is 1.70. The number of anilines is 1. The van der Waals surface area contributed by atoms with Crippen LogP contribution < -0.4 is 10.0 Å². The number of carboxylic acids is 1. The third kappa shape index (κ3) is 6.09. The van der Waals surface area contributed by atoms with Crippen LogP contribution in [-0.2, 0) is 21.2 Å². The fourth-order valence-electron chi connectivity index (χ4n) is 3.37. The second kappa shape index (κ2) is 10.6. The molecule has 0 aliphatic heterocycles. The lowest BCUT2D eigenvalue weighted by Gasteiger charge is -2.18. The molecule has 8 heteroatoms. The zero-order chi connectivity index (χ0) is 24.9. The van der Waals surface area contributed by atoms with Crippen LogP contribution in [0.2, 0.25) is 0 Å². The molecule has 34 heavy (non-hydrogen) atoms. The fraction of sp³-hybridized carbons (Fsp3) is 0.231. The Kier molecular flexibility index (Phi) is 7.86. The highest BCUT2D eigenvalue weighted by molar-refractivity contribution is 7.89. The maximum absolute atomic E-state index is 12.6. The SMILES string of the molecule is CCc1ccc(C(=O)Nc2ccc(-c3ccc(S(=O)(=O)N[C@H](C(=O)O)C(C)C)cc3)cc2)cc1. The van der Waals surface area contributed by atoms with Gasteiger partial charge in [-0.1, -0.05) is 57.2 Å². The summed E-state index contributed by atoms with van der Waals surface area (Å²) in [6.45, 7) is 5.33. The number of aliphatic carboxylic acids is 1. The molecule has 0 saturated carbocycles. The van der Waals surface area contributed by atoms with Crippen molar-refractivity contribution in [3.8, 4) is 11.1 Å². The topological polar surface area (TPSA) is 113 Å². The summed E-state index contributed by atoms with van der Waals surface area (Å²) >= 11 is 0. The van der Waals surface area contributed by atoms with E-state index in [-0.39, 0.29) is 10.8 Å². The number of sulfonamides is 1. The predicted molar refractivity (Wildman–Crippen MR) is 132 cm³/mol. The summed E-state index contributed by atoms with van der Waals surface area (Å²) in [7, 11) is -3.98. The zero-order valence-corrected chi connectivity index (χ0v) is 20.1. The molecule has 3 aromatic carbocycles. The average molecular weight is 481 g/mol. The molecule has 1 atom stereocenters. The average Bonchev–Trinajstić information content (AvgIpc) is 2.83. The molecule has 0 unspecified atom stereocenters. The van der Waals surface area contributed by atoms with Crippen molar-refractivity contribution in [1.82, 2.24) is 4.72 Å². The number of aryl methyl sites for hydroxylation is 1. The quantitative estimate of drug-likeness (QED) is 0.416. The smallest absolute Gasteiger partial charge is 0.322 e. The van der Waals surface area contributed by atoms with Gasteiger partial charge in [0.05, 0.1) is 4.90 Å². The van der Waals surface area contributed by atoms with Gasteiger partial charge in [0.25, 0.3) is 5.91 Å². The fourth-order valence-corrected chi connectivity index (χ4v) is 4.71. The van der Waals surface area contributed by atoms with Gasteiger partial charge in [0.15, 0.2) is 0 Å². The van der Waals surface area contributed by atoms with Gasteiger partial charge in [-0.25, -0.2) is 8.42 Å². The minimum Gasteiger partial charge on any atom is -0.480 e. The van der Waals surface area contributed by atoms with E-state index >= 15 is 0 Å².